The highest BCUT2D eigenvalue weighted by atomic mass is 32.2. The van der Waals surface area contributed by atoms with E-state index in [4.69, 9.17) is 0 Å². The van der Waals surface area contributed by atoms with E-state index in [0.29, 0.717) is 0 Å². The third kappa shape index (κ3) is 2.83. The Hall–Kier alpha value is -2.17. The molecule has 1 aliphatic rings. The molecule has 3 aromatic carbocycles. The highest BCUT2D eigenvalue weighted by Crippen LogP contribution is 2.38. The summed E-state index contributed by atoms with van der Waals surface area (Å²) < 4.78 is 15.8. The fourth-order valence-corrected chi connectivity index (χ4v) is 6.57. The highest BCUT2D eigenvalue weighted by Gasteiger charge is 2.34. The second-order valence-corrected chi connectivity index (χ2v) is 10.0. The van der Waals surface area contributed by atoms with Crippen LogP contribution in [-0.2, 0) is 20.6 Å². The van der Waals surface area contributed by atoms with Gasteiger partial charge in [0.15, 0.2) is 14.7 Å². The molecule has 0 radical (unpaired) electrons. The van der Waals surface area contributed by atoms with Crippen molar-refractivity contribution in [1.29, 1.82) is 0 Å². The molecule has 1 N–H and O–H groups in total. The molecule has 0 fully saturated rings. The van der Waals surface area contributed by atoms with Crippen LogP contribution in [0.25, 0.3) is 0 Å². The summed E-state index contributed by atoms with van der Waals surface area (Å²) >= 11 is 0. The molecule has 1 unspecified atom stereocenters. The molecule has 0 bridgehead atoms. The Morgan fingerprint density at radius 1 is 0.792 bits per heavy atom. The van der Waals surface area contributed by atoms with E-state index < -0.39 is 9.71 Å². The maximum absolute atomic E-state index is 12.5. The number of hydrogen-bond donors (Lipinski definition) is 1. The van der Waals surface area contributed by atoms with Crippen molar-refractivity contribution in [3.05, 3.63) is 84.4 Å². The molecule has 0 spiro atoms. The number of anilines is 1. The van der Waals surface area contributed by atoms with Gasteiger partial charge in [0.05, 0.1) is 0 Å². The van der Waals surface area contributed by atoms with Crippen molar-refractivity contribution in [3.63, 3.8) is 0 Å². The summed E-state index contributed by atoms with van der Waals surface area (Å²) in [7, 11) is -2.38. The van der Waals surface area contributed by atoms with Gasteiger partial charge >= 0.3 is 0 Å². The van der Waals surface area contributed by atoms with Crippen molar-refractivity contribution in [2.75, 3.05) is 11.0 Å². The predicted molar refractivity (Wildman–Crippen MR) is 104 cm³/mol. The minimum atomic E-state index is -2.15. The van der Waals surface area contributed by atoms with Crippen molar-refractivity contribution < 1.29 is 4.21 Å². The van der Waals surface area contributed by atoms with Gasteiger partial charge in [0, 0.05) is 26.9 Å². The lowest BCUT2D eigenvalue weighted by atomic mass is 10.2. The SMILES string of the molecule is CS1(=O)=Cc2cccc([S+](c3ccccc3)c3ccccc3)c2N1. The van der Waals surface area contributed by atoms with Gasteiger partial charge in [-0.05, 0) is 30.3 Å². The van der Waals surface area contributed by atoms with Crippen LogP contribution in [0.3, 0.4) is 0 Å². The van der Waals surface area contributed by atoms with E-state index in [1.807, 2.05) is 23.6 Å². The maximum Gasteiger partial charge on any atom is 0.191 e. The number of benzene rings is 3. The van der Waals surface area contributed by atoms with Gasteiger partial charge in [0.2, 0.25) is 0 Å². The summed E-state index contributed by atoms with van der Waals surface area (Å²) in [6.45, 7) is 0. The maximum atomic E-state index is 12.5. The van der Waals surface area contributed by atoms with E-state index in [-0.39, 0.29) is 10.9 Å². The van der Waals surface area contributed by atoms with Crippen molar-refractivity contribution in [1.82, 2.24) is 0 Å². The third-order valence-corrected chi connectivity index (χ3v) is 7.47. The predicted octanol–water partition coefficient (Wildman–Crippen LogP) is 4.19. The molecule has 1 aliphatic heterocycles. The summed E-state index contributed by atoms with van der Waals surface area (Å²) in [5.74, 6) is 0. The molecular weight excluding hydrogens is 334 g/mol. The Morgan fingerprint density at radius 2 is 1.38 bits per heavy atom. The highest BCUT2D eigenvalue weighted by molar-refractivity contribution is 8.02. The molecule has 2 nitrogen and oxygen atoms in total. The topological polar surface area (TPSA) is 29.1 Å². The number of fused-ring (bicyclic) bond motifs is 1. The summed E-state index contributed by atoms with van der Waals surface area (Å²) in [4.78, 5) is 3.70. The molecule has 120 valence electrons. The van der Waals surface area contributed by atoms with Crippen LogP contribution in [0.4, 0.5) is 5.69 Å². The number of nitrogens with one attached hydrogen (secondary N) is 1. The van der Waals surface area contributed by atoms with Crippen molar-refractivity contribution in [2.45, 2.75) is 14.7 Å². The van der Waals surface area contributed by atoms with Crippen LogP contribution in [0.5, 0.6) is 0 Å². The Morgan fingerprint density at radius 3 is 1.96 bits per heavy atom. The average Bonchev–Trinajstić information content (AvgIpc) is 2.92. The van der Waals surface area contributed by atoms with E-state index >= 15 is 0 Å². The molecule has 0 saturated carbocycles. The standard InChI is InChI=1S/C20H18NOS2/c1-24(22)15-16-9-8-14-19(20(16)21-24)23(17-10-4-2-5-11-17)18-12-6-3-7-13-18/h2-15H,1H3,(H,21,22)/q+1. The summed E-state index contributed by atoms with van der Waals surface area (Å²) in [6, 6.07) is 27.3. The monoisotopic (exact) mass is 352 g/mol. The van der Waals surface area contributed by atoms with Gasteiger partial charge in [-0.15, -0.1) is 0 Å². The fraction of sp³-hybridized carbons (Fsp3) is 0.0500. The van der Waals surface area contributed by atoms with E-state index in [2.05, 4.69) is 65.4 Å². The van der Waals surface area contributed by atoms with Crippen LogP contribution >= 0.6 is 0 Å². The van der Waals surface area contributed by atoms with Crippen LogP contribution in [-0.4, -0.2) is 15.8 Å². The second-order valence-electron chi connectivity index (χ2n) is 5.78. The Bertz CT molecular complexity index is 951. The van der Waals surface area contributed by atoms with Crippen LogP contribution in [0.1, 0.15) is 5.56 Å². The summed E-state index contributed by atoms with van der Waals surface area (Å²) in [5.41, 5.74) is 2.03. The molecule has 24 heavy (non-hydrogen) atoms. The second kappa shape index (κ2) is 6.04. The van der Waals surface area contributed by atoms with Crippen molar-refractivity contribution >= 4 is 31.7 Å². The van der Waals surface area contributed by atoms with E-state index in [1.54, 1.807) is 6.26 Å². The first kappa shape index (κ1) is 15.4. The molecule has 3 aromatic rings. The smallest absolute Gasteiger partial charge is 0.191 e. The van der Waals surface area contributed by atoms with Gasteiger partial charge in [-0.25, -0.2) is 4.21 Å². The van der Waals surface area contributed by atoms with Crippen LogP contribution in [0, 0.1) is 0 Å². The molecule has 1 heterocycles. The molecule has 0 aromatic heterocycles. The van der Waals surface area contributed by atoms with Crippen molar-refractivity contribution in [3.8, 4) is 0 Å². The zero-order chi connectivity index (χ0) is 16.6. The molecule has 0 aliphatic carbocycles. The molecule has 4 heteroatoms. The largest absolute Gasteiger partial charge is 0.308 e. The molecule has 0 amide bonds. The summed E-state index contributed by atoms with van der Waals surface area (Å²) in [5, 5.41) is 1.85. The molecule has 4 rings (SSSR count). The number of rotatable bonds is 3. The first-order valence-corrected chi connectivity index (χ1v) is 11.0. The lowest BCUT2D eigenvalue weighted by Crippen LogP contribution is -2.11. The number of hydrogen-bond acceptors (Lipinski definition) is 1. The normalized spacial score (nSPS) is 18.8. The first-order valence-electron chi connectivity index (χ1n) is 7.73. The zero-order valence-corrected chi connectivity index (χ0v) is 14.9. The van der Waals surface area contributed by atoms with Gasteiger partial charge in [0.1, 0.15) is 16.6 Å². The lowest BCUT2D eigenvalue weighted by Gasteiger charge is -2.12. The minimum Gasteiger partial charge on any atom is -0.308 e. The Balaban J connectivity index is 1.92. The van der Waals surface area contributed by atoms with Crippen LogP contribution < -0.4 is 4.72 Å². The van der Waals surface area contributed by atoms with Gasteiger partial charge in [-0.1, -0.05) is 48.5 Å². The molecule has 1 atom stereocenters. The van der Waals surface area contributed by atoms with Gasteiger partial charge in [0.25, 0.3) is 0 Å². The van der Waals surface area contributed by atoms with Crippen LogP contribution in [0.2, 0.25) is 0 Å². The first-order chi connectivity index (χ1) is 11.6. The van der Waals surface area contributed by atoms with Gasteiger partial charge < -0.3 is 4.72 Å². The summed E-state index contributed by atoms with van der Waals surface area (Å²) in [6.07, 6.45) is 1.75. The quantitative estimate of drug-likeness (QED) is 0.556. The van der Waals surface area contributed by atoms with Crippen molar-refractivity contribution in [2.24, 2.45) is 0 Å². The Kier molecular flexibility index (Phi) is 3.87. The third-order valence-electron chi connectivity index (χ3n) is 3.89. The van der Waals surface area contributed by atoms with Crippen LogP contribution in [0.15, 0.2) is 93.5 Å². The lowest BCUT2D eigenvalue weighted by molar-refractivity contribution is 0.688. The fourth-order valence-electron chi connectivity index (χ4n) is 2.90. The van der Waals surface area contributed by atoms with Gasteiger partial charge in [-0.2, -0.15) is 0 Å². The molecular formula is C20H18NOS2+. The molecule has 0 saturated heterocycles. The Labute approximate surface area is 146 Å². The van der Waals surface area contributed by atoms with E-state index in [1.165, 1.54) is 14.7 Å². The van der Waals surface area contributed by atoms with E-state index in [9.17, 15) is 4.21 Å². The number of para-hydroxylation sites is 1. The average molecular weight is 353 g/mol. The van der Waals surface area contributed by atoms with Gasteiger partial charge in [-0.3, -0.25) is 0 Å². The minimum absolute atomic E-state index is 0.238. The zero-order valence-electron chi connectivity index (χ0n) is 13.3. The van der Waals surface area contributed by atoms with E-state index in [0.717, 1.165) is 11.3 Å².